The van der Waals surface area contributed by atoms with Crippen LogP contribution in [0.4, 0.5) is 0 Å². The van der Waals surface area contributed by atoms with Crippen LogP contribution < -0.4 is 0 Å². The number of carbonyl (C=O) groups excluding carboxylic acids is 1. The Morgan fingerprint density at radius 2 is 2.29 bits per heavy atom. The van der Waals surface area contributed by atoms with Crippen molar-refractivity contribution >= 4 is 21.9 Å². The highest BCUT2D eigenvalue weighted by Gasteiger charge is 2.00. The van der Waals surface area contributed by atoms with E-state index in [1.54, 1.807) is 0 Å². The number of benzene rings is 1. The predicted octanol–water partition coefficient (Wildman–Crippen LogP) is 2.94. The summed E-state index contributed by atoms with van der Waals surface area (Å²) < 4.78 is 5.64. The summed E-state index contributed by atoms with van der Waals surface area (Å²) in [7, 11) is 1.42. The average Bonchev–Trinajstić information content (AvgIpc) is 2.17. The van der Waals surface area contributed by atoms with Crippen LogP contribution in [0.15, 0.2) is 28.7 Å². The van der Waals surface area contributed by atoms with Crippen LogP contribution in [0.5, 0.6) is 0 Å². The van der Waals surface area contributed by atoms with Crippen LogP contribution in [-0.4, -0.2) is 13.1 Å². The van der Waals surface area contributed by atoms with Gasteiger partial charge in [-0.1, -0.05) is 28.1 Å². The lowest BCUT2D eigenvalue weighted by Crippen LogP contribution is -2.00. The van der Waals surface area contributed by atoms with E-state index in [2.05, 4.69) is 32.8 Å². The Hall–Kier alpha value is -0.830. The summed E-state index contributed by atoms with van der Waals surface area (Å²) >= 11 is 3.41. The van der Waals surface area contributed by atoms with Gasteiger partial charge in [0.15, 0.2) is 0 Å². The summed E-state index contributed by atoms with van der Waals surface area (Å²) in [5, 5.41) is 0. The molecule has 0 amide bonds. The molecule has 76 valence electrons. The van der Waals surface area contributed by atoms with Gasteiger partial charge in [0.1, 0.15) is 0 Å². The number of aryl methyl sites for hydroxylation is 1. The molecule has 3 heteroatoms. The van der Waals surface area contributed by atoms with Gasteiger partial charge in [0.25, 0.3) is 0 Å². The monoisotopic (exact) mass is 256 g/mol. The van der Waals surface area contributed by atoms with Crippen molar-refractivity contribution in [2.24, 2.45) is 0 Å². The smallest absolute Gasteiger partial charge is 0.305 e. The van der Waals surface area contributed by atoms with Crippen LogP contribution in [-0.2, 0) is 16.0 Å². The number of carbonyl (C=O) groups is 1. The SMILES string of the molecule is COC(=O)CCCc1cccc(Br)c1. The maximum atomic E-state index is 10.8. The molecule has 0 aliphatic rings. The molecule has 0 aliphatic heterocycles. The lowest BCUT2D eigenvalue weighted by molar-refractivity contribution is -0.140. The number of ether oxygens (including phenoxy) is 1. The van der Waals surface area contributed by atoms with Crippen molar-refractivity contribution in [2.45, 2.75) is 19.3 Å². The van der Waals surface area contributed by atoms with Gasteiger partial charge in [-0.2, -0.15) is 0 Å². The van der Waals surface area contributed by atoms with Crippen LogP contribution >= 0.6 is 15.9 Å². The molecule has 0 heterocycles. The van der Waals surface area contributed by atoms with Gasteiger partial charge in [0, 0.05) is 10.9 Å². The van der Waals surface area contributed by atoms with E-state index in [9.17, 15) is 4.79 Å². The van der Waals surface area contributed by atoms with E-state index in [0.717, 1.165) is 17.3 Å². The van der Waals surface area contributed by atoms with Crippen LogP contribution in [0.2, 0.25) is 0 Å². The fourth-order valence-electron chi connectivity index (χ4n) is 1.23. The van der Waals surface area contributed by atoms with Crippen molar-refractivity contribution < 1.29 is 9.53 Å². The third kappa shape index (κ3) is 3.92. The summed E-state index contributed by atoms with van der Waals surface area (Å²) in [6.07, 6.45) is 2.24. The van der Waals surface area contributed by atoms with Gasteiger partial charge in [-0.15, -0.1) is 0 Å². The number of hydrogen-bond acceptors (Lipinski definition) is 2. The summed E-state index contributed by atoms with van der Waals surface area (Å²) in [6.45, 7) is 0. The van der Waals surface area contributed by atoms with Crippen LogP contribution in [0.25, 0.3) is 0 Å². The molecule has 1 rings (SSSR count). The third-order valence-electron chi connectivity index (χ3n) is 1.96. The molecule has 0 saturated heterocycles. The standard InChI is InChI=1S/C11H13BrO2/c1-14-11(13)7-3-5-9-4-2-6-10(12)8-9/h2,4,6,8H,3,5,7H2,1H3. The van der Waals surface area contributed by atoms with E-state index < -0.39 is 0 Å². The second-order valence-corrected chi connectivity index (χ2v) is 3.98. The normalized spacial score (nSPS) is 9.86. The second kappa shape index (κ2) is 5.81. The largest absolute Gasteiger partial charge is 0.469 e. The Kier molecular flexibility index (Phi) is 4.66. The Morgan fingerprint density at radius 1 is 1.50 bits per heavy atom. The van der Waals surface area contributed by atoms with E-state index >= 15 is 0 Å². The lowest BCUT2D eigenvalue weighted by Gasteiger charge is -2.01. The molecule has 0 fully saturated rings. The van der Waals surface area contributed by atoms with E-state index in [1.165, 1.54) is 12.7 Å². The molecule has 14 heavy (non-hydrogen) atoms. The second-order valence-electron chi connectivity index (χ2n) is 3.06. The first-order chi connectivity index (χ1) is 6.72. The summed E-state index contributed by atoms with van der Waals surface area (Å²) in [5.74, 6) is -0.139. The van der Waals surface area contributed by atoms with E-state index in [0.29, 0.717) is 6.42 Å². The summed E-state index contributed by atoms with van der Waals surface area (Å²) in [4.78, 5) is 10.8. The summed E-state index contributed by atoms with van der Waals surface area (Å²) in [6, 6.07) is 8.11. The average molecular weight is 257 g/mol. The molecule has 0 atom stereocenters. The molecule has 0 unspecified atom stereocenters. The fraction of sp³-hybridized carbons (Fsp3) is 0.364. The quantitative estimate of drug-likeness (QED) is 0.775. The minimum Gasteiger partial charge on any atom is -0.469 e. The molecular formula is C11H13BrO2. The highest BCUT2D eigenvalue weighted by atomic mass is 79.9. The molecule has 0 N–H and O–H groups in total. The van der Waals surface area contributed by atoms with Crippen molar-refractivity contribution in [3.8, 4) is 0 Å². The third-order valence-corrected chi connectivity index (χ3v) is 2.46. The highest BCUT2D eigenvalue weighted by molar-refractivity contribution is 9.10. The highest BCUT2D eigenvalue weighted by Crippen LogP contribution is 2.13. The topological polar surface area (TPSA) is 26.3 Å². The van der Waals surface area contributed by atoms with Gasteiger partial charge < -0.3 is 4.74 Å². The van der Waals surface area contributed by atoms with Crippen molar-refractivity contribution in [1.82, 2.24) is 0 Å². The number of hydrogen-bond donors (Lipinski definition) is 0. The van der Waals surface area contributed by atoms with E-state index in [4.69, 9.17) is 0 Å². The Labute approximate surface area is 92.4 Å². The predicted molar refractivity (Wildman–Crippen MR) is 59.1 cm³/mol. The molecule has 0 aliphatic carbocycles. The maximum Gasteiger partial charge on any atom is 0.305 e. The first kappa shape index (κ1) is 11.2. The van der Waals surface area contributed by atoms with Crippen molar-refractivity contribution in [2.75, 3.05) is 7.11 Å². The zero-order valence-electron chi connectivity index (χ0n) is 8.13. The Morgan fingerprint density at radius 3 is 2.93 bits per heavy atom. The van der Waals surface area contributed by atoms with Gasteiger partial charge in [-0.05, 0) is 30.5 Å². The van der Waals surface area contributed by atoms with Gasteiger partial charge in [-0.3, -0.25) is 4.79 Å². The number of rotatable bonds is 4. The van der Waals surface area contributed by atoms with Gasteiger partial charge in [0.2, 0.25) is 0 Å². The molecule has 0 saturated carbocycles. The molecule has 2 nitrogen and oxygen atoms in total. The minimum atomic E-state index is -0.139. The molecule has 1 aromatic carbocycles. The zero-order chi connectivity index (χ0) is 10.4. The Balaban J connectivity index is 2.35. The zero-order valence-corrected chi connectivity index (χ0v) is 9.71. The Bertz CT molecular complexity index is 310. The van der Waals surface area contributed by atoms with Crippen LogP contribution in [0.3, 0.4) is 0 Å². The minimum absolute atomic E-state index is 0.139. The lowest BCUT2D eigenvalue weighted by atomic mass is 10.1. The first-order valence-corrected chi connectivity index (χ1v) is 5.33. The van der Waals surface area contributed by atoms with Crippen LogP contribution in [0, 0.1) is 0 Å². The van der Waals surface area contributed by atoms with Gasteiger partial charge in [-0.25, -0.2) is 0 Å². The van der Waals surface area contributed by atoms with Crippen LogP contribution in [0.1, 0.15) is 18.4 Å². The maximum absolute atomic E-state index is 10.8. The number of methoxy groups -OCH3 is 1. The molecule has 0 aromatic heterocycles. The van der Waals surface area contributed by atoms with E-state index in [-0.39, 0.29) is 5.97 Å². The van der Waals surface area contributed by atoms with Crippen molar-refractivity contribution in [3.05, 3.63) is 34.3 Å². The molecule has 0 spiro atoms. The van der Waals surface area contributed by atoms with Crippen molar-refractivity contribution in [1.29, 1.82) is 0 Å². The van der Waals surface area contributed by atoms with Gasteiger partial charge >= 0.3 is 5.97 Å². The molecular weight excluding hydrogens is 244 g/mol. The molecule has 1 aromatic rings. The van der Waals surface area contributed by atoms with E-state index in [1.807, 2.05) is 12.1 Å². The molecule has 0 radical (unpaired) electrons. The molecule has 0 bridgehead atoms. The summed E-state index contributed by atoms with van der Waals surface area (Å²) in [5.41, 5.74) is 1.24. The fourth-order valence-corrected chi connectivity index (χ4v) is 1.68. The number of esters is 1. The van der Waals surface area contributed by atoms with Gasteiger partial charge in [0.05, 0.1) is 7.11 Å². The number of halogens is 1. The van der Waals surface area contributed by atoms with Crippen molar-refractivity contribution in [3.63, 3.8) is 0 Å². The first-order valence-electron chi connectivity index (χ1n) is 4.53.